The Kier molecular flexibility index (Phi) is 4.34. The van der Waals surface area contributed by atoms with E-state index in [9.17, 15) is 14.4 Å². The predicted octanol–water partition coefficient (Wildman–Crippen LogP) is 5.25. The van der Waals surface area contributed by atoms with Crippen molar-refractivity contribution in [3.63, 3.8) is 0 Å². The van der Waals surface area contributed by atoms with Crippen LogP contribution in [0.5, 0.6) is 0 Å². The summed E-state index contributed by atoms with van der Waals surface area (Å²) in [6, 6.07) is 20.2. The molecular weight excluding hydrogens is 412 g/mol. The third-order valence-corrected chi connectivity index (χ3v) is 6.73. The minimum Gasteiger partial charge on any atom is -0.356 e. The van der Waals surface area contributed by atoms with Gasteiger partial charge in [0.15, 0.2) is 0 Å². The molecule has 5 nitrogen and oxygen atoms in total. The van der Waals surface area contributed by atoms with Gasteiger partial charge < -0.3 is 5.32 Å². The fourth-order valence-corrected chi connectivity index (χ4v) is 5.24. The van der Waals surface area contributed by atoms with E-state index >= 15 is 0 Å². The molecule has 0 unspecified atom stereocenters. The smallest absolute Gasteiger partial charge is 0.261 e. The molecule has 162 valence electrons. The first kappa shape index (κ1) is 19.7. The van der Waals surface area contributed by atoms with E-state index in [1.807, 2.05) is 43.3 Å². The van der Waals surface area contributed by atoms with E-state index in [2.05, 4.69) is 29.6 Å². The largest absolute Gasteiger partial charge is 0.356 e. The number of hydrogen-bond donors (Lipinski definition) is 1. The van der Waals surface area contributed by atoms with Crippen LogP contribution in [0.25, 0.3) is 43.1 Å². The van der Waals surface area contributed by atoms with Crippen molar-refractivity contribution in [1.82, 2.24) is 10.2 Å². The molecule has 33 heavy (non-hydrogen) atoms. The highest BCUT2D eigenvalue weighted by Gasteiger charge is 2.34. The summed E-state index contributed by atoms with van der Waals surface area (Å²) in [5.74, 6) is -0.827. The van der Waals surface area contributed by atoms with Crippen LogP contribution < -0.4 is 5.32 Å². The highest BCUT2D eigenvalue weighted by molar-refractivity contribution is 6.38. The van der Waals surface area contributed by atoms with Gasteiger partial charge in [-0.25, -0.2) is 0 Å². The van der Waals surface area contributed by atoms with Crippen molar-refractivity contribution >= 4 is 60.8 Å². The molecule has 5 heteroatoms. The lowest BCUT2D eigenvalue weighted by Crippen LogP contribution is -2.42. The van der Waals surface area contributed by atoms with Crippen LogP contribution in [0.2, 0.25) is 0 Å². The molecule has 0 aliphatic carbocycles. The fraction of sp³-hybridized carbons (Fsp3) is 0.179. The lowest BCUT2D eigenvalue weighted by Gasteiger charge is -2.28. The number of imide groups is 1. The zero-order valence-electron chi connectivity index (χ0n) is 18.3. The Hall–Kier alpha value is -3.99. The zero-order valence-corrected chi connectivity index (χ0v) is 18.3. The summed E-state index contributed by atoms with van der Waals surface area (Å²) in [5.41, 5.74) is 1.04. The van der Waals surface area contributed by atoms with Gasteiger partial charge in [0, 0.05) is 36.0 Å². The minimum atomic E-state index is -0.337. The second kappa shape index (κ2) is 7.27. The van der Waals surface area contributed by atoms with Gasteiger partial charge in [-0.3, -0.25) is 19.3 Å². The Morgan fingerprint density at radius 1 is 0.758 bits per heavy atom. The number of nitrogens with zero attached hydrogens (tertiary/aromatic N) is 1. The summed E-state index contributed by atoms with van der Waals surface area (Å²) >= 11 is 0. The Bertz CT molecular complexity index is 1520. The molecule has 5 aromatic carbocycles. The molecule has 0 atom stereocenters. The number of rotatable bonds is 5. The summed E-state index contributed by atoms with van der Waals surface area (Å²) in [6.45, 7) is 2.63. The SMILES string of the molecule is CCCNC(=O)CCN1C(=O)c2ccc3c4cccc5cccc(c6ccc(c2c36)C1=O)c54. The van der Waals surface area contributed by atoms with Crippen molar-refractivity contribution in [3.8, 4) is 0 Å². The highest BCUT2D eigenvalue weighted by Crippen LogP contribution is 2.43. The van der Waals surface area contributed by atoms with Crippen LogP contribution in [-0.4, -0.2) is 35.7 Å². The first-order valence-corrected chi connectivity index (χ1v) is 11.3. The summed E-state index contributed by atoms with van der Waals surface area (Å²) in [6.07, 6.45) is 0.936. The molecule has 0 saturated heterocycles. The van der Waals surface area contributed by atoms with Gasteiger partial charge in [0.2, 0.25) is 5.91 Å². The van der Waals surface area contributed by atoms with E-state index in [1.165, 1.54) is 15.7 Å². The Labute approximate surface area is 190 Å². The Morgan fingerprint density at radius 2 is 1.33 bits per heavy atom. The maximum absolute atomic E-state index is 13.4. The van der Waals surface area contributed by atoms with Gasteiger partial charge in [-0.1, -0.05) is 55.5 Å². The normalized spacial score (nSPS) is 13.7. The van der Waals surface area contributed by atoms with Gasteiger partial charge in [-0.2, -0.15) is 0 Å². The molecule has 1 aliphatic rings. The number of nitrogens with one attached hydrogen (secondary N) is 1. The Morgan fingerprint density at radius 3 is 1.91 bits per heavy atom. The van der Waals surface area contributed by atoms with Crippen LogP contribution in [0.3, 0.4) is 0 Å². The standard InChI is InChI=1S/C28H22N2O3/c1-2-14-29-23(31)13-15-30-27(32)21-11-9-19-17-7-3-5-16-6-4-8-18(24(16)17)20-10-12-22(28(30)33)26(21)25(19)20/h3-12H,2,13-15H2,1H3,(H,29,31). The third-order valence-electron chi connectivity index (χ3n) is 6.73. The summed E-state index contributed by atoms with van der Waals surface area (Å²) in [4.78, 5) is 40.0. The first-order valence-electron chi connectivity index (χ1n) is 11.3. The van der Waals surface area contributed by atoms with E-state index in [0.717, 1.165) is 38.7 Å². The molecular formula is C28H22N2O3. The molecule has 6 rings (SSSR count). The molecule has 3 amide bonds. The highest BCUT2D eigenvalue weighted by atomic mass is 16.2. The summed E-state index contributed by atoms with van der Waals surface area (Å²) in [7, 11) is 0. The molecule has 0 spiro atoms. The van der Waals surface area contributed by atoms with Crippen LogP contribution in [0.15, 0.2) is 60.7 Å². The molecule has 0 radical (unpaired) electrons. The van der Waals surface area contributed by atoms with Crippen molar-refractivity contribution < 1.29 is 14.4 Å². The monoisotopic (exact) mass is 434 g/mol. The fourth-order valence-electron chi connectivity index (χ4n) is 5.24. The quantitative estimate of drug-likeness (QED) is 0.233. The summed E-state index contributed by atoms with van der Waals surface area (Å²) < 4.78 is 0. The van der Waals surface area contributed by atoms with Crippen LogP contribution in [-0.2, 0) is 4.79 Å². The molecule has 5 aromatic rings. The maximum Gasteiger partial charge on any atom is 0.261 e. The predicted molar refractivity (Wildman–Crippen MR) is 131 cm³/mol. The number of carbonyl (C=O) groups excluding carboxylic acids is 3. The van der Waals surface area contributed by atoms with Crippen molar-refractivity contribution in [2.45, 2.75) is 19.8 Å². The lowest BCUT2D eigenvalue weighted by atomic mass is 9.85. The average molecular weight is 434 g/mol. The van der Waals surface area contributed by atoms with Crippen LogP contribution in [0.4, 0.5) is 0 Å². The number of carbonyl (C=O) groups is 3. The van der Waals surface area contributed by atoms with Crippen LogP contribution in [0.1, 0.15) is 40.5 Å². The Balaban J connectivity index is 1.55. The van der Waals surface area contributed by atoms with E-state index in [0.29, 0.717) is 17.7 Å². The van der Waals surface area contributed by atoms with Gasteiger partial charge in [0.25, 0.3) is 11.8 Å². The molecule has 0 bridgehead atoms. The number of amides is 3. The molecule has 1 heterocycles. The van der Waals surface area contributed by atoms with E-state index in [-0.39, 0.29) is 30.7 Å². The van der Waals surface area contributed by atoms with Gasteiger partial charge in [-0.05, 0) is 56.3 Å². The van der Waals surface area contributed by atoms with E-state index in [4.69, 9.17) is 0 Å². The van der Waals surface area contributed by atoms with Gasteiger partial charge in [0.1, 0.15) is 0 Å². The van der Waals surface area contributed by atoms with Gasteiger partial charge in [0.05, 0.1) is 0 Å². The first-order chi connectivity index (χ1) is 16.1. The van der Waals surface area contributed by atoms with Crippen molar-refractivity contribution in [1.29, 1.82) is 0 Å². The van der Waals surface area contributed by atoms with Crippen molar-refractivity contribution in [2.75, 3.05) is 13.1 Å². The number of hydrogen-bond acceptors (Lipinski definition) is 3. The number of benzene rings is 5. The van der Waals surface area contributed by atoms with Gasteiger partial charge in [-0.15, -0.1) is 0 Å². The zero-order chi connectivity index (χ0) is 22.7. The van der Waals surface area contributed by atoms with Crippen molar-refractivity contribution in [2.24, 2.45) is 0 Å². The topological polar surface area (TPSA) is 66.5 Å². The molecule has 1 N–H and O–H groups in total. The second-order valence-corrected chi connectivity index (χ2v) is 8.64. The minimum absolute atomic E-state index is 0.0692. The molecule has 1 aliphatic heterocycles. The van der Waals surface area contributed by atoms with E-state index in [1.54, 1.807) is 0 Å². The van der Waals surface area contributed by atoms with Crippen LogP contribution in [0, 0.1) is 0 Å². The molecule has 0 aromatic heterocycles. The van der Waals surface area contributed by atoms with Crippen LogP contribution >= 0.6 is 0 Å². The molecule has 0 fully saturated rings. The lowest BCUT2D eigenvalue weighted by molar-refractivity contribution is -0.121. The van der Waals surface area contributed by atoms with Gasteiger partial charge >= 0.3 is 0 Å². The third kappa shape index (κ3) is 2.75. The second-order valence-electron chi connectivity index (χ2n) is 8.64. The number of fused-ring (bicyclic) bond motifs is 2. The average Bonchev–Trinajstić information content (AvgIpc) is 2.84. The van der Waals surface area contributed by atoms with E-state index < -0.39 is 0 Å². The molecule has 0 saturated carbocycles. The maximum atomic E-state index is 13.4. The van der Waals surface area contributed by atoms with Crippen molar-refractivity contribution in [3.05, 3.63) is 71.8 Å². The summed E-state index contributed by atoms with van der Waals surface area (Å²) in [5, 5.41) is 11.2.